The summed E-state index contributed by atoms with van der Waals surface area (Å²) in [4.78, 5) is 19.0. The van der Waals surface area contributed by atoms with Crippen molar-refractivity contribution in [2.45, 2.75) is 40.2 Å². The van der Waals surface area contributed by atoms with E-state index in [1.165, 1.54) is 11.1 Å². The van der Waals surface area contributed by atoms with Crippen molar-refractivity contribution in [3.8, 4) is 11.5 Å². The second kappa shape index (κ2) is 14.1. The number of carbonyl (C=O) groups is 1. The summed E-state index contributed by atoms with van der Waals surface area (Å²) in [6.45, 7) is 13.4. The molecule has 1 aliphatic rings. The van der Waals surface area contributed by atoms with E-state index in [9.17, 15) is 4.79 Å². The van der Waals surface area contributed by atoms with Gasteiger partial charge in [0.15, 0.2) is 11.5 Å². The maximum atomic E-state index is 12.0. The second-order valence-corrected chi connectivity index (χ2v) is 9.54. The number of aromatic nitrogens is 1. The van der Waals surface area contributed by atoms with Crippen LogP contribution in [0.5, 0.6) is 11.5 Å². The third kappa shape index (κ3) is 7.38. The molecule has 0 atom stereocenters. The molecule has 0 spiro atoms. The van der Waals surface area contributed by atoms with E-state index in [1.807, 2.05) is 26.0 Å². The minimum Gasteiger partial charge on any atom is -0.490 e. The number of pyridine rings is 1. The number of benzene rings is 2. The normalized spacial score (nSPS) is 13.9. The van der Waals surface area contributed by atoms with Crippen molar-refractivity contribution in [3.05, 3.63) is 53.2 Å². The highest BCUT2D eigenvalue weighted by molar-refractivity contribution is 5.98. The van der Waals surface area contributed by atoms with Gasteiger partial charge in [-0.05, 0) is 43.5 Å². The highest BCUT2D eigenvalue weighted by Gasteiger charge is 2.18. The summed E-state index contributed by atoms with van der Waals surface area (Å²) in [6, 6.07) is 10.1. The molecule has 1 aromatic heterocycles. The number of anilines is 2. The summed E-state index contributed by atoms with van der Waals surface area (Å²) in [5, 5.41) is 8.10. The van der Waals surface area contributed by atoms with Gasteiger partial charge in [0.2, 0.25) is 5.91 Å². The molecule has 3 aromatic rings. The first-order valence-corrected chi connectivity index (χ1v) is 13.9. The lowest BCUT2D eigenvalue weighted by atomic mass is 10.0. The summed E-state index contributed by atoms with van der Waals surface area (Å²) in [6.07, 6.45) is 2.65. The molecule has 9 nitrogen and oxygen atoms in total. The van der Waals surface area contributed by atoms with E-state index in [4.69, 9.17) is 19.9 Å². The molecule has 0 saturated carbocycles. The first-order chi connectivity index (χ1) is 19.0. The molecule has 210 valence electrons. The van der Waals surface area contributed by atoms with Crippen molar-refractivity contribution in [1.29, 1.82) is 0 Å². The zero-order chi connectivity index (χ0) is 27.6. The molecular formula is C30H41N5O4. The molecule has 2 heterocycles. The Kier molecular flexibility index (Phi) is 10.4. The first kappa shape index (κ1) is 28.6. The molecule has 1 amide bonds. The summed E-state index contributed by atoms with van der Waals surface area (Å²) in [7, 11) is 0. The molecule has 9 heteroatoms. The molecule has 4 rings (SSSR count). The maximum Gasteiger partial charge on any atom is 0.221 e. The van der Waals surface area contributed by atoms with E-state index >= 15 is 0 Å². The number of nitrogens with one attached hydrogen (secondary N) is 2. The topological polar surface area (TPSA) is 111 Å². The Labute approximate surface area is 231 Å². The van der Waals surface area contributed by atoms with Gasteiger partial charge in [-0.2, -0.15) is 0 Å². The van der Waals surface area contributed by atoms with Crippen molar-refractivity contribution >= 4 is 28.2 Å². The van der Waals surface area contributed by atoms with Crippen molar-refractivity contribution in [2.75, 3.05) is 57.9 Å². The number of ether oxygens (including phenoxy) is 3. The van der Waals surface area contributed by atoms with E-state index in [-0.39, 0.29) is 6.42 Å². The number of morpholine rings is 1. The Bertz CT molecular complexity index is 1260. The Morgan fingerprint density at radius 2 is 1.82 bits per heavy atom. The maximum absolute atomic E-state index is 12.0. The number of nitrogens with two attached hydrogens (primary N) is 1. The van der Waals surface area contributed by atoms with Crippen LogP contribution >= 0.6 is 0 Å². The molecule has 1 fully saturated rings. The van der Waals surface area contributed by atoms with Gasteiger partial charge in [0.1, 0.15) is 0 Å². The van der Waals surface area contributed by atoms with Gasteiger partial charge in [0.05, 0.1) is 44.1 Å². The molecule has 39 heavy (non-hydrogen) atoms. The van der Waals surface area contributed by atoms with Crippen LogP contribution in [0.15, 0.2) is 36.5 Å². The number of primary amides is 1. The van der Waals surface area contributed by atoms with E-state index in [0.717, 1.165) is 80.2 Å². The third-order valence-corrected chi connectivity index (χ3v) is 6.89. The SMILES string of the molecule is CCOc1cc2ncc(CC(N)=O)c(Nc3cccc(CNCCN4CCOCC4)c3CC)c2cc1OCC. The third-order valence-electron chi connectivity index (χ3n) is 6.89. The van der Waals surface area contributed by atoms with Gasteiger partial charge in [-0.15, -0.1) is 0 Å². The second-order valence-electron chi connectivity index (χ2n) is 9.54. The van der Waals surface area contributed by atoms with Crippen LogP contribution in [-0.2, 0) is 28.9 Å². The van der Waals surface area contributed by atoms with Crippen LogP contribution < -0.4 is 25.8 Å². The Morgan fingerprint density at radius 1 is 1.08 bits per heavy atom. The van der Waals surface area contributed by atoms with Crippen LogP contribution in [0.3, 0.4) is 0 Å². The summed E-state index contributed by atoms with van der Waals surface area (Å²) in [5.41, 5.74) is 11.4. The zero-order valence-corrected chi connectivity index (χ0v) is 23.3. The summed E-state index contributed by atoms with van der Waals surface area (Å²) < 4.78 is 17.2. The van der Waals surface area contributed by atoms with Gasteiger partial charge >= 0.3 is 0 Å². The lowest BCUT2D eigenvalue weighted by Gasteiger charge is -2.26. The predicted molar refractivity (Wildman–Crippen MR) is 155 cm³/mol. The number of carbonyl (C=O) groups excluding carboxylic acids is 1. The quantitative estimate of drug-likeness (QED) is 0.268. The summed E-state index contributed by atoms with van der Waals surface area (Å²) >= 11 is 0. The van der Waals surface area contributed by atoms with Crippen molar-refractivity contribution < 1.29 is 19.0 Å². The molecular weight excluding hydrogens is 494 g/mol. The van der Waals surface area contributed by atoms with E-state index in [0.29, 0.717) is 24.7 Å². The van der Waals surface area contributed by atoms with Crippen LogP contribution in [0.4, 0.5) is 11.4 Å². The Hall–Kier alpha value is -3.40. The molecule has 1 saturated heterocycles. The lowest BCUT2D eigenvalue weighted by Crippen LogP contribution is -2.40. The van der Waals surface area contributed by atoms with Gasteiger partial charge in [-0.25, -0.2) is 0 Å². The fraction of sp³-hybridized carbons (Fsp3) is 0.467. The van der Waals surface area contributed by atoms with Crippen LogP contribution in [0.2, 0.25) is 0 Å². The van der Waals surface area contributed by atoms with Gasteiger partial charge in [0.25, 0.3) is 0 Å². The minimum atomic E-state index is -0.413. The molecule has 2 aromatic carbocycles. The fourth-order valence-electron chi connectivity index (χ4n) is 5.00. The van der Waals surface area contributed by atoms with Gasteiger partial charge < -0.3 is 30.6 Å². The zero-order valence-electron chi connectivity index (χ0n) is 23.3. The first-order valence-electron chi connectivity index (χ1n) is 13.9. The number of hydrogen-bond donors (Lipinski definition) is 3. The number of fused-ring (bicyclic) bond motifs is 1. The van der Waals surface area contributed by atoms with Crippen molar-refractivity contribution in [3.63, 3.8) is 0 Å². The Balaban J connectivity index is 1.64. The van der Waals surface area contributed by atoms with Crippen LogP contribution in [0.1, 0.15) is 37.5 Å². The van der Waals surface area contributed by atoms with Gasteiger partial charge in [-0.1, -0.05) is 19.1 Å². The molecule has 0 unspecified atom stereocenters. The minimum absolute atomic E-state index is 0.0761. The van der Waals surface area contributed by atoms with Crippen LogP contribution in [-0.4, -0.2) is 68.4 Å². The standard InChI is InChI=1S/C30H41N5O4/c1-4-23-21(19-32-10-11-35-12-14-37-15-13-35)8-7-9-25(23)34-30-22(16-29(31)36)20-33-26-18-28(39-6-3)27(38-5-2)17-24(26)30/h7-9,17-18,20,32H,4-6,10-16,19H2,1-3H3,(H2,31,36)(H,33,34). The average molecular weight is 536 g/mol. The molecule has 4 N–H and O–H groups in total. The molecule has 0 bridgehead atoms. The highest BCUT2D eigenvalue weighted by Crippen LogP contribution is 2.38. The predicted octanol–water partition coefficient (Wildman–Crippen LogP) is 3.79. The van der Waals surface area contributed by atoms with E-state index in [2.05, 4.69) is 45.6 Å². The lowest BCUT2D eigenvalue weighted by molar-refractivity contribution is -0.117. The van der Waals surface area contributed by atoms with Crippen LogP contribution in [0, 0.1) is 0 Å². The largest absolute Gasteiger partial charge is 0.490 e. The van der Waals surface area contributed by atoms with E-state index in [1.54, 1.807) is 6.20 Å². The Morgan fingerprint density at radius 3 is 2.51 bits per heavy atom. The fourth-order valence-corrected chi connectivity index (χ4v) is 5.00. The monoisotopic (exact) mass is 535 g/mol. The van der Waals surface area contributed by atoms with Crippen molar-refractivity contribution in [2.24, 2.45) is 5.73 Å². The van der Waals surface area contributed by atoms with Gasteiger partial charge in [0, 0.05) is 61.6 Å². The number of amides is 1. The number of rotatable bonds is 14. The average Bonchev–Trinajstić information content (AvgIpc) is 2.93. The number of hydrogen-bond acceptors (Lipinski definition) is 8. The summed E-state index contributed by atoms with van der Waals surface area (Å²) in [5.74, 6) is 0.873. The molecule has 1 aliphatic heterocycles. The van der Waals surface area contributed by atoms with Gasteiger partial charge in [-0.3, -0.25) is 14.7 Å². The molecule has 0 radical (unpaired) electrons. The molecule has 0 aliphatic carbocycles. The number of nitrogens with zero attached hydrogens (tertiary/aromatic N) is 2. The smallest absolute Gasteiger partial charge is 0.221 e. The van der Waals surface area contributed by atoms with Crippen molar-refractivity contribution in [1.82, 2.24) is 15.2 Å². The van der Waals surface area contributed by atoms with Crippen LogP contribution in [0.25, 0.3) is 10.9 Å². The highest BCUT2D eigenvalue weighted by atomic mass is 16.5. The van der Waals surface area contributed by atoms with E-state index < -0.39 is 5.91 Å².